The van der Waals surface area contributed by atoms with Crippen LogP contribution in [0.15, 0.2) is 36.4 Å². The Morgan fingerprint density at radius 1 is 1.00 bits per heavy atom. The van der Waals surface area contributed by atoms with Crippen molar-refractivity contribution in [3.05, 3.63) is 58.7 Å². The first-order valence-electron chi connectivity index (χ1n) is 7.26. The van der Waals surface area contributed by atoms with Crippen LogP contribution < -0.4 is 15.2 Å². The summed E-state index contributed by atoms with van der Waals surface area (Å²) >= 11 is 0. The molecule has 0 heterocycles. The predicted octanol–water partition coefficient (Wildman–Crippen LogP) is 3.60. The second-order valence-electron chi connectivity index (χ2n) is 5.09. The third kappa shape index (κ3) is 3.76. The number of aryl methyl sites for hydroxylation is 2. The molecule has 0 saturated carbocycles. The summed E-state index contributed by atoms with van der Waals surface area (Å²) in [4.78, 5) is 0. The molecular formula is C18H23NO2. The van der Waals surface area contributed by atoms with Crippen molar-refractivity contribution in [3.8, 4) is 11.5 Å². The largest absolute Gasteiger partial charge is 0.493 e. The molecule has 21 heavy (non-hydrogen) atoms. The third-order valence-electron chi connectivity index (χ3n) is 3.66. The van der Waals surface area contributed by atoms with Gasteiger partial charge in [0.2, 0.25) is 0 Å². The number of benzene rings is 2. The van der Waals surface area contributed by atoms with Gasteiger partial charge in [-0.25, -0.2) is 0 Å². The van der Waals surface area contributed by atoms with Crippen molar-refractivity contribution in [1.82, 2.24) is 0 Å². The zero-order chi connectivity index (χ0) is 15.2. The maximum absolute atomic E-state index is 5.91. The minimum absolute atomic E-state index is 0.526. The van der Waals surface area contributed by atoms with Gasteiger partial charge in [-0.1, -0.05) is 31.2 Å². The van der Waals surface area contributed by atoms with Crippen molar-refractivity contribution in [2.45, 2.75) is 33.4 Å². The van der Waals surface area contributed by atoms with Crippen LogP contribution in [0.5, 0.6) is 11.5 Å². The average molecular weight is 285 g/mol. The van der Waals surface area contributed by atoms with E-state index in [1.807, 2.05) is 18.2 Å². The van der Waals surface area contributed by atoms with E-state index in [0.717, 1.165) is 29.0 Å². The Hall–Kier alpha value is -2.00. The van der Waals surface area contributed by atoms with Gasteiger partial charge in [0.1, 0.15) is 6.61 Å². The van der Waals surface area contributed by atoms with Crippen LogP contribution in [0.3, 0.4) is 0 Å². The molecule has 2 aromatic rings. The van der Waals surface area contributed by atoms with Gasteiger partial charge in [-0.15, -0.1) is 0 Å². The fourth-order valence-electron chi connectivity index (χ4n) is 2.25. The molecular weight excluding hydrogens is 262 g/mol. The molecule has 0 radical (unpaired) electrons. The highest BCUT2D eigenvalue weighted by Gasteiger charge is 2.07. The van der Waals surface area contributed by atoms with Crippen molar-refractivity contribution in [2.75, 3.05) is 7.11 Å². The van der Waals surface area contributed by atoms with Crippen molar-refractivity contribution >= 4 is 0 Å². The number of ether oxygens (including phenoxy) is 2. The molecule has 0 aliphatic heterocycles. The maximum Gasteiger partial charge on any atom is 0.161 e. The van der Waals surface area contributed by atoms with E-state index in [0.29, 0.717) is 13.2 Å². The Balaban J connectivity index is 2.12. The number of hydrogen-bond acceptors (Lipinski definition) is 3. The second kappa shape index (κ2) is 7.14. The summed E-state index contributed by atoms with van der Waals surface area (Å²) in [5.41, 5.74) is 10.4. The third-order valence-corrected chi connectivity index (χ3v) is 3.66. The minimum atomic E-state index is 0.526. The first kappa shape index (κ1) is 15.4. The smallest absolute Gasteiger partial charge is 0.161 e. The fourth-order valence-corrected chi connectivity index (χ4v) is 2.25. The summed E-state index contributed by atoms with van der Waals surface area (Å²) in [6.07, 6.45) is 0.982. The summed E-state index contributed by atoms with van der Waals surface area (Å²) in [6.45, 7) is 5.29. The molecule has 0 aliphatic rings. The van der Waals surface area contributed by atoms with E-state index in [9.17, 15) is 0 Å². The number of rotatable bonds is 6. The normalized spacial score (nSPS) is 10.5. The van der Waals surface area contributed by atoms with Crippen molar-refractivity contribution in [3.63, 3.8) is 0 Å². The molecule has 0 spiro atoms. The van der Waals surface area contributed by atoms with Gasteiger partial charge in [0.25, 0.3) is 0 Å². The first-order valence-corrected chi connectivity index (χ1v) is 7.26. The molecule has 0 unspecified atom stereocenters. The Morgan fingerprint density at radius 3 is 2.38 bits per heavy atom. The first-order chi connectivity index (χ1) is 10.2. The molecule has 0 aliphatic carbocycles. The summed E-state index contributed by atoms with van der Waals surface area (Å²) in [7, 11) is 1.67. The Bertz CT molecular complexity index is 608. The van der Waals surface area contributed by atoms with Crippen LogP contribution in [0, 0.1) is 6.92 Å². The van der Waals surface area contributed by atoms with E-state index in [1.165, 1.54) is 11.1 Å². The summed E-state index contributed by atoms with van der Waals surface area (Å²) in [5, 5.41) is 0. The lowest BCUT2D eigenvalue weighted by Gasteiger charge is -2.13. The number of hydrogen-bond donors (Lipinski definition) is 1. The zero-order valence-electron chi connectivity index (χ0n) is 13.0. The van der Waals surface area contributed by atoms with E-state index in [-0.39, 0.29) is 0 Å². The van der Waals surface area contributed by atoms with Gasteiger partial charge in [-0.2, -0.15) is 0 Å². The van der Waals surface area contributed by atoms with E-state index >= 15 is 0 Å². The van der Waals surface area contributed by atoms with E-state index < -0.39 is 0 Å². The van der Waals surface area contributed by atoms with Gasteiger partial charge in [-0.05, 0) is 47.7 Å². The molecule has 3 nitrogen and oxygen atoms in total. The van der Waals surface area contributed by atoms with Gasteiger partial charge in [0.05, 0.1) is 7.11 Å². The quantitative estimate of drug-likeness (QED) is 0.882. The summed E-state index contributed by atoms with van der Waals surface area (Å²) in [6, 6.07) is 12.3. The average Bonchev–Trinajstić information content (AvgIpc) is 2.53. The highest BCUT2D eigenvalue weighted by atomic mass is 16.5. The van der Waals surface area contributed by atoms with Crippen LogP contribution in [0.1, 0.15) is 29.2 Å². The van der Waals surface area contributed by atoms with Gasteiger partial charge < -0.3 is 15.2 Å². The second-order valence-corrected chi connectivity index (χ2v) is 5.09. The molecule has 0 saturated heterocycles. The van der Waals surface area contributed by atoms with Gasteiger partial charge in [0, 0.05) is 6.54 Å². The van der Waals surface area contributed by atoms with Crippen LogP contribution in [-0.2, 0) is 19.6 Å². The van der Waals surface area contributed by atoms with Crippen molar-refractivity contribution < 1.29 is 9.47 Å². The van der Waals surface area contributed by atoms with Crippen molar-refractivity contribution in [2.24, 2.45) is 5.73 Å². The molecule has 2 N–H and O–H groups in total. The van der Waals surface area contributed by atoms with Crippen molar-refractivity contribution in [1.29, 1.82) is 0 Å². The molecule has 112 valence electrons. The minimum Gasteiger partial charge on any atom is -0.493 e. The molecule has 2 aromatic carbocycles. The Morgan fingerprint density at radius 2 is 1.76 bits per heavy atom. The van der Waals surface area contributed by atoms with E-state index in [4.69, 9.17) is 15.2 Å². The molecule has 0 bridgehead atoms. The lowest BCUT2D eigenvalue weighted by atomic mass is 10.1. The monoisotopic (exact) mass is 285 g/mol. The van der Waals surface area contributed by atoms with Gasteiger partial charge in [0.15, 0.2) is 11.5 Å². The molecule has 0 fully saturated rings. The maximum atomic E-state index is 5.91. The SMILES string of the molecule is CCc1ccc(OCc2ccc(CN)cc2C)c(OC)c1. The van der Waals surface area contributed by atoms with E-state index in [1.54, 1.807) is 7.11 Å². The predicted molar refractivity (Wildman–Crippen MR) is 85.8 cm³/mol. The van der Waals surface area contributed by atoms with Crippen LogP contribution in [-0.4, -0.2) is 7.11 Å². The summed E-state index contributed by atoms with van der Waals surface area (Å²) < 4.78 is 11.3. The summed E-state index contributed by atoms with van der Waals surface area (Å²) in [5.74, 6) is 1.56. The number of methoxy groups -OCH3 is 1. The van der Waals surface area contributed by atoms with E-state index in [2.05, 4.69) is 32.0 Å². The Kier molecular flexibility index (Phi) is 5.23. The zero-order valence-corrected chi connectivity index (χ0v) is 13.0. The molecule has 3 heteroatoms. The van der Waals surface area contributed by atoms with Crippen LogP contribution in [0.4, 0.5) is 0 Å². The standard InChI is InChI=1S/C18H23NO2/c1-4-14-6-8-17(18(10-14)20-3)21-12-16-7-5-15(11-19)9-13(16)2/h5-10H,4,11-12,19H2,1-3H3. The molecule has 0 amide bonds. The lowest BCUT2D eigenvalue weighted by Crippen LogP contribution is -2.02. The molecule has 0 atom stereocenters. The van der Waals surface area contributed by atoms with Gasteiger partial charge >= 0.3 is 0 Å². The van der Waals surface area contributed by atoms with Crippen LogP contribution >= 0.6 is 0 Å². The highest BCUT2D eigenvalue weighted by molar-refractivity contribution is 5.43. The molecule has 0 aromatic heterocycles. The fraction of sp³-hybridized carbons (Fsp3) is 0.333. The van der Waals surface area contributed by atoms with Crippen LogP contribution in [0.25, 0.3) is 0 Å². The lowest BCUT2D eigenvalue weighted by molar-refractivity contribution is 0.283. The topological polar surface area (TPSA) is 44.5 Å². The number of nitrogens with two attached hydrogens (primary N) is 1. The highest BCUT2D eigenvalue weighted by Crippen LogP contribution is 2.29. The molecule has 2 rings (SSSR count). The Labute approximate surface area is 126 Å². The van der Waals surface area contributed by atoms with Crippen LogP contribution in [0.2, 0.25) is 0 Å². The van der Waals surface area contributed by atoms with Gasteiger partial charge in [-0.3, -0.25) is 0 Å².